The molecule has 1 N–H and O–H groups in total. The molecule has 154 valence electrons. The Kier molecular flexibility index (Phi) is 5.69. The normalized spacial score (nSPS) is 11.2. The summed E-state index contributed by atoms with van der Waals surface area (Å²) >= 11 is 7.56. The molecule has 0 spiro atoms. The number of halogens is 1. The van der Waals surface area contributed by atoms with Crippen LogP contribution in [0.25, 0.3) is 11.0 Å². The van der Waals surface area contributed by atoms with Crippen molar-refractivity contribution in [3.63, 3.8) is 0 Å². The summed E-state index contributed by atoms with van der Waals surface area (Å²) in [5.74, 6) is 1.81. The molecule has 0 aliphatic heterocycles. The first-order valence-electron chi connectivity index (χ1n) is 9.07. The molecule has 0 saturated carbocycles. The summed E-state index contributed by atoms with van der Waals surface area (Å²) in [5, 5.41) is 20.3. The first kappa shape index (κ1) is 20.3. The molecular formula is C21H18ClN3O4S. The quantitative estimate of drug-likeness (QED) is 0.347. The number of benzene rings is 2. The molecule has 0 aliphatic rings. The van der Waals surface area contributed by atoms with E-state index >= 15 is 0 Å². The first-order valence-corrected chi connectivity index (χ1v) is 10.4. The zero-order valence-corrected chi connectivity index (χ0v) is 17.8. The van der Waals surface area contributed by atoms with Crippen molar-refractivity contribution in [1.82, 2.24) is 14.8 Å². The summed E-state index contributed by atoms with van der Waals surface area (Å²) in [6, 6.07) is 12.0. The van der Waals surface area contributed by atoms with Crippen molar-refractivity contribution >= 4 is 34.3 Å². The van der Waals surface area contributed by atoms with Crippen LogP contribution in [0.15, 0.2) is 56.8 Å². The average molecular weight is 444 g/mol. The second-order valence-electron chi connectivity index (χ2n) is 6.64. The Morgan fingerprint density at radius 1 is 1.23 bits per heavy atom. The number of fused-ring (bicyclic) bond motifs is 1. The molecule has 2 heterocycles. The van der Waals surface area contributed by atoms with Crippen molar-refractivity contribution < 1.29 is 14.3 Å². The van der Waals surface area contributed by atoms with Crippen LogP contribution >= 0.6 is 23.4 Å². The van der Waals surface area contributed by atoms with E-state index in [1.807, 2.05) is 23.7 Å². The fourth-order valence-corrected chi connectivity index (χ4v) is 4.09. The minimum Gasteiger partial charge on any atom is -0.508 e. The van der Waals surface area contributed by atoms with Crippen molar-refractivity contribution in [1.29, 1.82) is 0 Å². The van der Waals surface area contributed by atoms with E-state index in [0.717, 1.165) is 10.9 Å². The maximum atomic E-state index is 12.0. The zero-order valence-electron chi connectivity index (χ0n) is 16.3. The third-order valence-corrected chi connectivity index (χ3v) is 6.07. The largest absolute Gasteiger partial charge is 0.508 e. The summed E-state index contributed by atoms with van der Waals surface area (Å²) in [7, 11) is 1.85. The lowest BCUT2D eigenvalue weighted by atomic mass is 10.1. The summed E-state index contributed by atoms with van der Waals surface area (Å²) in [6.45, 7) is 1.94. The van der Waals surface area contributed by atoms with Crippen LogP contribution in [0.3, 0.4) is 0 Å². The van der Waals surface area contributed by atoms with Crippen LogP contribution < -0.4 is 10.4 Å². The number of aromatic hydroxyl groups is 1. The topological polar surface area (TPSA) is 90.4 Å². The molecule has 0 radical (unpaired) electrons. The van der Waals surface area contributed by atoms with Crippen molar-refractivity contribution in [2.75, 3.05) is 0 Å². The number of hydrogen-bond acceptors (Lipinski definition) is 7. The van der Waals surface area contributed by atoms with Gasteiger partial charge in [0.2, 0.25) is 0 Å². The van der Waals surface area contributed by atoms with Crippen LogP contribution in [0.1, 0.15) is 17.0 Å². The highest BCUT2D eigenvalue weighted by atomic mass is 35.5. The van der Waals surface area contributed by atoms with Crippen molar-refractivity contribution in [2.24, 2.45) is 7.05 Å². The Labute approximate surface area is 181 Å². The molecule has 0 amide bonds. The number of aryl methyl sites for hydroxylation is 1. The van der Waals surface area contributed by atoms with Gasteiger partial charge in [0.25, 0.3) is 0 Å². The number of phenols is 1. The van der Waals surface area contributed by atoms with Crippen LogP contribution in [-0.4, -0.2) is 19.9 Å². The SMILES string of the molecule is Cc1c(O)ccc2c(CSc3nnc(COc4ccccc4Cl)n3C)cc(=O)oc12. The van der Waals surface area contributed by atoms with E-state index in [1.165, 1.54) is 17.8 Å². The standard InChI is InChI=1S/C21H18ClN3O4S/c1-12-16(26)8-7-14-13(9-19(27)29-20(12)14)11-30-21-24-23-18(25(21)2)10-28-17-6-4-3-5-15(17)22/h3-9,26H,10-11H2,1-2H3. The molecule has 4 rings (SSSR count). The van der Waals surface area contributed by atoms with E-state index in [1.54, 1.807) is 31.2 Å². The van der Waals surface area contributed by atoms with E-state index < -0.39 is 5.63 Å². The van der Waals surface area contributed by atoms with Gasteiger partial charge in [-0.2, -0.15) is 0 Å². The van der Waals surface area contributed by atoms with Crippen molar-refractivity contribution in [3.05, 3.63) is 74.9 Å². The number of para-hydroxylation sites is 1. The number of hydrogen-bond donors (Lipinski definition) is 1. The van der Waals surface area contributed by atoms with Gasteiger partial charge in [0.1, 0.15) is 23.7 Å². The number of phenolic OH excluding ortho intramolecular Hbond substituents is 1. The lowest BCUT2D eigenvalue weighted by molar-refractivity contribution is 0.290. The average Bonchev–Trinajstić information content (AvgIpc) is 3.08. The highest BCUT2D eigenvalue weighted by Crippen LogP contribution is 2.31. The monoisotopic (exact) mass is 443 g/mol. The fraction of sp³-hybridized carbons (Fsp3) is 0.190. The minimum atomic E-state index is -0.460. The van der Waals surface area contributed by atoms with Gasteiger partial charge in [0.15, 0.2) is 11.0 Å². The number of aromatic nitrogens is 3. The van der Waals surface area contributed by atoms with Gasteiger partial charge < -0.3 is 18.8 Å². The lowest BCUT2D eigenvalue weighted by Gasteiger charge is -2.09. The predicted octanol–water partition coefficient (Wildman–Crippen LogP) is 4.46. The molecular weight excluding hydrogens is 426 g/mol. The third kappa shape index (κ3) is 4.01. The maximum Gasteiger partial charge on any atom is 0.336 e. The highest BCUT2D eigenvalue weighted by molar-refractivity contribution is 7.98. The van der Waals surface area contributed by atoms with Crippen LogP contribution in [0, 0.1) is 6.92 Å². The molecule has 0 bridgehead atoms. The molecule has 9 heteroatoms. The molecule has 30 heavy (non-hydrogen) atoms. The Hall–Kier alpha value is -2.97. The van der Waals surface area contributed by atoms with Crippen LogP contribution in [0.4, 0.5) is 0 Å². The Morgan fingerprint density at radius 3 is 2.83 bits per heavy atom. The van der Waals surface area contributed by atoms with Crippen LogP contribution in [0.2, 0.25) is 5.02 Å². The molecule has 2 aromatic heterocycles. The third-order valence-electron chi connectivity index (χ3n) is 4.69. The van der Waals surface area contributed by atoms with Gasteiger partial charge in [-0.05, 0) is 36.8 Å². The fourth-order valence-electron chi connectivity index (χ4n) is 2.98. The Balaban J connectivity index is 1.52. The van der Waals surface area contributed by atoms with E-state index in [2.05, 4.69) is 10.2 Å². The van der Waals surface area contributed by atoms with Crippen LogP contribution in [0.5, 0.6) is 11.5 Å². The molecule has 0 saturated heterocycles. The van der Waals surface area contributed by atoms with Gasteiger partial charge in [0.05, 0.1) is 5.02 Å². The van der Waals surface area contributed by atoms with Crippen LogP contribution in [-0.2, 0) is 19.4 Å². The maximum absolute atomic E-state index is 12.0. The second kappa shape index (κ2) is 8.41. The summed E-state index contributed by atoms with van der Waals surface area (Å²) in [6.07, 6.45) is 0. The molecule has 0 unspecified atom stereocenters. The van der Waals surface area contributed by atoms with Gasteiger partial charge in [0, 0.05) is 29.8 Å². The number of rotatable bonds is 6. The summed E-state index contributed by atoms with van der Waals surface area (Å²) in [4.78, 5) is 12.0. The molecule has 0 atom stereocenters. The van der Waals surface area contributed by atoms with E-state index in [-0.39, 0.29) is 12.4 Å². The molecule has 0 aliphatic carbocycles. The van der Waals surface area contributed by atoms with E-state index in [9.17, 15) is 9.90 Å². The van der Waals surface area contributed by atoms with Gasteiger partial charge in [-0.25, -0.2) is 4.79 Å². The smallest absolute Gasteiger partial charge is 0.336 e. The summed E-state index contributed by atoms with van der Waals surface area (Å²) in [5.41, 5.74) is 1.27. The van der Waals surface area contributed by atoms with Crippen molar-refractivity contribution in [3.8, 4) is 11.5 Å². The predicted molar refractivity (Wildman–Crippen MR) is 115 cm³/mol. The van der Waals surface area contributed by atoms with Gasteiger partial charge in [-0.1, -0.05) is 35.5 Å². The molecule has 2 aromatic carbocycles. The van der Waals surface area contributed by atoms with E-state index in [0.29, 0.717) is 38.7 Å². The number of nitrogens with zero attached hydrogens (tertiary/aromatic N) is 3. The molecule has 7 nitrogen and oxygen atoms in total. The molecule has 4 aromatic rings. The zero-order chi connectivity index (χ0) is 21.3. The van der Waals surface area contributed by atoms with Gasteiger partial charge in [-0.15, -0.1) is 10.2 Å². The summed E-state index contributed by atoms with van der Waals surface area (Å²) < 4.78 is 12.9. The first-order chi connectivity index (χ1) is 14.4. The lowest BCUT2D eigenvalue weighted by Crippen LogP contribution is -2.05. The second-order valence-corrected chi connectivity index (χ2v) is 7.99. The number of thioether (sulfide) groups is 1. The van der Waals surface area contributed by atoms with Gasteiger partial charge >= 0.3 is 5.63 Å². The molecule has 0 fully saturated rings. The Morgan fingerprint density at radius 2 is 2.03 bits per heavy atom. The minimum absolute atomic E-state index is 0.0897. The van der Waals surface area contributed by atoms with Gasteiger partial charge in [-0.3, -0.25) is 0 Å². The van der Waals surface area contributed by atoms with Crippen molar-refractivity contribution in [2.45, 2.75) is 24.4 Å². The Bertz CT molecular complexity index is 1290. The highest BCUT2D eigenvalue weighted by Gasteiger charge is 2.14. The number of ether oxygens (including phenoxy) is 1. The van der Waals surface area contributed by atoms with E-state index in [4.69, 9.17) is 20.8 Å².